The zero-order valence-corrected chi connectivity index (χ0v) is 12.9. The molecule has 1 fully saturated rings. The molecule has 116 valence electrons. The Morgan fingerprint density at radius 2 is 2.05 bits per heavy atom. The van der Waals surface area contributed by atoms with Gasteiger partial charge in [0.2, 0.25) is 5.91 Å². The molecule has 0 aliphatic carbocycles. The molecule has 1 saturated heterocycles. The third-order valence-electron chi connectivity index (χ3n) is 3.50. The largest absolute Gasteiger partial charge is 0.444 e. The first-order chi connectivity index (χ1) is 9.27. The van der Waals surface area contributed by atoms with Crippen LogP contribution in [0.15, 0.2) is 0 Å². The van der Waals surface area contributed by atoms with Crippen LogP contribution in [0.4, 0.5) is 4.79 Å². The standard InChI is InChI=1S/C14H26N2O4/c1-13(2,3)20-12(19)16-9-5-7-14(16,8-6-10-17)11(18)15-4/h17H,5-10H2,1-4H3,(H,15,18). The van der Waals surface area contributed by atoms with E-state index >= 15 is 0 Å². The molecule has 1 unspecified atom stereocenters. The molecule has 2 amide bonds. The third-order valence-corrected chi connectivity index (χ3v) is 3.50. The van der Waals surface area contributed by atoms with Gasteiger partial charge in [-0.2, -0.15) is 0 Å². The van der Waals surface area contributed by atoms with Gasteiger partial charge in [-0.25, -0.2) is 4.79 Å². The summed E-state index contributed by atoms with van der Waals surface area (Å²) in [6.07, 6.45) is 1.83. The Morgan fingerprint density at radius 3 is 2.55 bits per heavy atom. The Balaban J connectivity index is 2.96. The van der Waals surface area contributed by atoms with Crippen molar-refractivity contribution < 1.29 is 19.4 Å². The molecular formula is C14H26N2O4. The molecule has 0 radical (unpaired) electrons. The minimum atomic E-state index is -0.889. The molecule has 0 aromatic carbocycles. The lowest BCUT2D eigenvalue weighted by atomic mass is 9.89. The zero-order valence-electron chi connectivity index (χ0n) is 12.9. The topological polar surface area (TPSA) is 78.9 Å². The quantitative estimate of drug-likeness (QED) is 0.816. The summed E-state index contributed by atoms with van der Waals surface area (Å²) >= 11 is 0. The minimum Gasteiger partial charge on any atom is -0.444 e. The number of aliphatic hydroxyl groups is 1. The SMILES string of the molecule is CNC(=O)C1(CCCO)CCCN1C(=O)OC(C)(C)C. The van der Waals surface area contributed by atoms with Gasteiger partial charge in [0.05, 0.1) is 0 Å². The Morgan fingerprint density at radius 1 is 1.40 bits per heavy atom. The zero-order chi connectivity index (χ0) is 15.4. The second-order valence-corrected chi connectivity index (χ2v) is 6.17. The molecule has 6 heteroatoms. The molecule has 0 spiro atoms. The molecule has 1 rings (SSSR count). The van der Waals surface area contributed by atoms with Crippen LogP contribution in [-0.4, -0.2) is 53.3 Å². The van der Waals surface area contributed by atoms with Gasteiger partial charge in [-0.1, -0.05) is 0 Å². The van der Waals surface area contributed by atoms with E-state index in [-0.39, 0.29) is 12.5 Å². The number of likely N-dealkylation sites (N-methyl/N-ethyl adjacent to an activating group) is 1. The average Bonchev–Trinajstić information content (AvgIpc) is 2.78. The van der Waals surface area contributed by atoms with E-state index in [1.807, 2.05) is 0 Å². The predicted octanol–water partition coefficient (Wildman–Crippen LogP) is 1.27. The number of nitrogens with one attached hydrogen (secondary N) is 1. The molecule has 1 aliphatic rings. The van der Waals surface area contributed by atoms with Crippen LogP contribution in [0.3, 0.4) is 0 Å². The molecule has 1 aliphatic heterocycles. The molecular weight excluding hydrogens is 260 g/mol. The fourth-order valence-corrected chi connectivity index (χ4v) is 2.68. The van der Waals surface area contributed by atoms with Gasteiger partial charge in [0, 0.05) is 20.2 Å². The Kier molecular flexibility index (Phi) is 5.39. The van der Waals surface area contributed by atoms with Crippen LogP contribution in [0, 0.1) is 0 Å². The van der Waals surface area contributed by atoms with E-state index in [1.165, 1.54) is 4.90 Å². The number of hydrogen-bond donors (Lipinski definition) is 2. The normalized spacial score (nSPS) is 22.8. The summed E-state index contributed by atoms with van der Waals surface area (Å²) in [5.41, 5.74) is -1.48. The van der Waals surface area contributed by atoms with E-state index in [9.17, 15) is 9.59 Å². The number of rotatable bonds is 4. The lowest BCUT2D eigenvalue weighted by Gasteiger charge is -2.37. The highest BCUT2D eigenvalue weighted by atomic mass is 16.6. The number of nitrogens with zero attached hydrogens (tertiary/aromatic N) is 1. The van der Waals surface area contributed by atoms with Crippen molar-refractivity contribution in [2.45, 2.75) is 57.6 Å². The highest BCUT2D eigenvalue weighted by Crippen LogP contribution is 2.35. The molecule has 6 nitrogen and oxygen atoms in total. The van der Waals surface area contributed by atoms with E-state index in [0.29, 0.717) is 25.8 Å². The van der Waals surface area contributed by atoms with Crippen LogP contribution in [0.1, 0.15) is 46.5 Å². The number of aliphatic hydroxyl groups excluding tert-OH is 1. The van der Waals surface area contributed by atoms with E-state index in [0.717, 1.165) is 6.42 Å². The number of ether oxygens (including phenoxy) is 1. The molecule has 2 N–H and O–H groups in total. The number of hydrogen-bond acceptors (Lipinski definition) is 4. The van der Waals surface area contributed by atoms with E-state index < -0.39 is 17.2 Å². The molecule has 20 heavy (non-hydrogen) atoms. The summed E-state index contributed by atoms with van der Waals surface area (Å²) in [4.78, 5) is 26.1. The highest BCUT2D eigenvalue weighted by Gasteiger charge is 2.49. The van der Waals surface area contributed by atoms with Gasteiger partial charge >= 0.3 is 6.09 Å². The number of likely N-dealkylation sites (tertiary alicyclic amines) is 1. The van der Waals surface area contributed by atoms with Crippen molar-refractivity contribution in [2.75, 3.05) is 20.2 Å². The van der Waals surface area contributed by atoms with Crippen molar-refractivity contribution >= 4 is 12.0 Å². The number of amides is 2. The first-order valence-electron chi connectivity index (χ1n) is 7.10. The van der Waals surface area contributed by atoms with Crippen LogP contribution in [0.5, 0.6) is 0 Å². The second-order valence-electron chi connectivity index (χ2n) is 6.17. The summed E-state index contributed by atoms with van der Waals surface area (Å²) in [5.74, 6) is -0.186. The van der Waals surface area contributed by atoms with E-state index in [4.69, 9.17) is 9.84 Å². The van der Waals surface area contributed by atoms with E-state index in [2.05, 4.69) is 5.32 Å². The van der Waals surface area contributed by atoms with Gasteiger partial charge in [-0.05, 0) is 46.5 Å². The molecule has 0 saturated carbocycles. The molecule has 1 heterocycles. The first kappa shape index (κ1) is 16.8. The van der Waals surface area contributed by atoms with E-state index in [1.54, 1.807) is 27.8 Å². The Bertz CT molecular complexity index is 365. The van der Waals surface area contributed by atoms with Crippen molar-refractivity contribution in [1.82, 2.24) is 10.2 Å². The highest BCUT2D eigenvalue weighted by molar-refractivity contribution is 5.90. The molecule has 0 aromatic rings. The summed E-state index contributed by atoms with van der Waals surface area (Å²) in [5, 5.41) is 11.7. The Hall–Kier alpha value is -1.30. The predicted molar refractivity (Wildman–Crippen MR) is 75.3 cm³/mol. The minimum absolute atomic E-state index is 0.000896. The fraction of sp³-hybridized carbons (Fsp3) is 0.857. The molecule has 1 atom stereocenters. The van der Waals surface area contributed by atoms with Crippen molar-refractivity contribution in [3.63, 3.8) is 0 Å². The van der Waals surface area contributed by atoms with Gasteiger partial charge in [0.15, 0.2) is 0 Å². The lowest BCUT2D eigenvalue weighted by molar-refractivity contribution is -0.132. The van der Waals surface area contributed by atoms with Gasteiger partial charge < -0.3 is 15.2 Å². The monoisotopic (exact) mass is 286 g/mol. The average molecular weight is 286 g/mol. The lowest BCUT2D eigenvalue weighted by Crippen LogP contribution is -2.57. The third kappa shape index (κ3) is 3.62. The number of carbonyl (C=O) groups is 2. The molecule has 0 aromatic heterocycles. The smallest absolute Gasteiger partial charge is 0.411 e. The van der Waals surface area contributed by atoms with Crippen LogP contribution in [-0.2, 0) is 9.53 Å². The van der Waals surface area contributed by atoms with Gasteiger partial charge in [-0.15, -0.1) is 0 Å². The summed E-state index contributed by atoms with van der Waals surface area (Å²) < 4.78 is 5.40. The Labute approximate surface area is 120 Å². The maximum Gasteiger partial charge on any atom is 0.411 e. The van der Waals surface area contributed by atoms with Gasteiger partial charge in [0.25, 0.3) is 0 Å². The van der Waals surface area contributed by atoms with Crippen LogP contribution >= 0.6 is 0 Å². The summed E-state index contributed by atoms with van der Waals surface area (Å²) in [7, 11) is 1.56. The van der Waals surface area contributed by atoms with Crippen molar-refractivity contribution in [1.29, 1.82) is 0 Å². The van der Waals surface area contributed by atoms with Crippen LogP contribution in [0.25, 0.3) is 0 Å². The first-order valence-corrected chi connectivity index (χ1v) is 7.10. The van der Waals surface area contributed by atoms with Gasteiger partial charge in [-0.3, -0.25) is 9.69 Å². The van der Waals surface area contributed by atoms with Gasteiger partial charge in [0.1, 0.15) is 11.1 Å². The number of carbonyl (C=O) groups excluding carboxylic acids is 2. The van der Waals surface area contributed by atoms with Crippen LogP contribution in [0.2, 0.25) is 0 Å². The summed E-state index contributed by atoms with van der Waals surface area (Å²) in [6.45, 7) is 5.91. The maximum absolute atomic E-state index is 12.3. The van der Waals surface area contributed by atoms with Crippen LogP contribution < -0.4 is 5.32 Å². The second kappa shape index (κ2) is 6.43. The van der Waals surface area contributed by atoms with Crippen molar-refractivity contribution in [2.24, 2.45) is 0 Å². The fourth-order valence-electron chi connectivity index (χ4n) is 2.68. The summed E-state index contributed by atoms with van der Waals surface area (Å²) in [6, 6.07) is 0. The maximum atomic E-state index is 12.3. The molecule has 0 bridgehead atoms. The van der Waals surface area contributed by atoms with Crippen molar-refractivity contribution in [3.8, 4) is 0 Å². The van der Waals surface area contributed by atoms with Crippen molar-refractivity contribution in [3.05, 3.63) is 0 Å².